The number of piperazine rings is 1. The van der Waals surface area contributed by atoms with Crippen molar-refractivity contribution < 1.29 is 0 Å². The highest BCUT2D eigenvalue weighted by molar-refractivity contribution is 5.51. The van der Waals surface area contributed by atoms with E-state index in [1.165, 1.54) is 29.7 Å². The smallest absolute Gasteiger partial charge is 0.0370 e. The first kappa shape index (κ1) is 13.4. The maximum absolute atomic E-state index is 5.80. The largest absolute Gasteiger partial charge is 0.369 e. The molecule has 0 amide bonds. The average Bonchev–Trinajstić information content (AvgIpc) is 2.40. The normalized spacial score (nSPS) is 17.2. The molecule has 0 unspecified atom stereocenters. The molecule has 1 aliphatic rings. The summed E-state index contributed by atoms with van der Waals surface area (Å²) < 4.78 is 0. The van der Waals surface area contributed by atoms with E-state index in [2.05, 4.69) is 36.9 Å². The summed E-state index contributed by atoms with van der Waals surface area (Å²) in [5, 5.41) is 1.91. The number of anilines is 1. The molecule has 1 fully saturated rings. The highest BCUT2D eigenvalue weighted by atomic mass is 15.4. The van der Waals surface area contributed by atoms with Gasteiger partial charge < -0.3 is 4.90 Å². The van der Waals surface area contributed by atoms with Crippen LogP contribution in [0.5, 0.6) is 0 Å². The van der Waals surface area contributed by atoms with E-state index in [0.29, 0.717) is 0 Å². The number of hydrogen-bond acceptors (Lipinski definition) is 3. The van der Waals surface area contributed by atoms with Crippen molar-refractivity contribution in [1.29, 1.82) is 0 Å². The number of rotatable bonds is 4. The van der Waals surface area contributed by atoms with Gasteiger partial charge in [0.05, 0.1) is 0 Å². The molecule has 1 aromatic carbocycles. The van der Waals surface area contributed by atoms with E-state index < -0.39 is 0 Å². The summed E-state index contributed by atoms with van der Waals surface area (Å²) in [7, 11) is 0. The van der Waals surface area contributed by atoms with Gasteiger partial charge in [-0.2, -0.15) is 0 Å². The van der Waals surface area contributed by atoms with Gasteiger partial charge in [-0.3, -0.25) is 5.84 Å². The second-order valence-corrected chi connectivity index (χ2v) is 5.08. The molecule has 0 aromatic heterocycles. The number of nitrogens with zero attached hydrogens (tertiary/aromatic N) is 2. The van der Waals surface area contributed by atoms with E-state index in [-0.39, 0.29) is 0 Å². The third kappa shape index (κ3) is 3.03. The van der Waals surface area contributed by atoms with E-state index in [9.17, 15) is 0 Å². The van der Waals surface area contributed by atoms with Crippen LogP contribution in [0, 0.1) is 0 Å². The maximum atomic E-state index is 5.80. The zero-order valence-corrected chi connectivity index (χ0v) is 11.7. The van der Waals surface area contributed by atoms with E-state index >= 15 is 0 Å². The fourth-order valence-corrected chi connectivity index (χ4v) is 2.63. The van der Waals surface area contributed by atoms with Gasteiger partial charge in [-0.25, -0.2) is 5.01 Å². The third-order valence-corrected chi connectivity index (χ3v) is 3.77. The van der Waals surface area contributed by atoms with Crippen LogP contribution in [0.3, 0.4) is 0 Å². The number of hydrazine groups is 1. The first-order valence-electron chi connectivity index (χ1n) is 7.11. The zero-order valence-electron chi connectivity index (χ0n) is 11.7. The van der Waals surface area contributed by atoms with Crippen molar-refractivity contribution >= 4 is 5.69 Å². The molecule has 1 saturated heterocycles. The fourth-order valence-electron chi connectivity index (χ4n) is 2.63. The lowest BCUT2D eigenvalue weighted by molar-refractivity contribution is 0.266. The van der Waals surface area contributed by atoms with E-state index in [0.717, 1.165) is 32.6 Å². The predicted molar refractivity (Wildman–Crippen MR) is 77.8 cm³/mol. The summed E-state index contributed by atoms with van der Waals surface area (Å²) >= 11 is 0. The minimum absolute atomic E-state index is 0.957. The molecule has 0 saturated carbocycles. The topological polar surface area (TPSA) is 32.5 Å². The molecule has 3 nitrogen and oxygen atoms in total. The van der Waals surface area contributed by atoms with Crippen molar-refractivity contribution in [3.63, 3.8) is 0 Å². The van der Waals surface area contributed by atoms with Gasteiger partial charge in [-0.1, -0.05) is 26.3 Å². The van der Waals surface area contributed by atoms with Crippen LogP contribution in [-0.4, -0.2) is 31.2 Å². The highest BCUT2D eigenvalue weighted by Gasteiger charge is 2.15. The summed E-state index contributed by atoms with van der Waals surface area (Å²) in [6.45, 7) is 8.47. The number of hydrogen-bond donors (Lipinski definition) is 1. The second-order valence-electron chi connectivity index (χ2n) is 5.08. The maximum Gasteiger partial charge on any atom is 0.0370 e. The SMILES string of the molecule is CCCc1ccc(N2CCN(N)CC2)cc1CC. The molecule has 2 N–H and O–H groups in total. The van der Waals surface area contributed by atoms with Gasteiger partial charge in [0.15, 0.2) is 0 Å². The molecule has 100 valence electrons. The van der Waals surface area contributed by atoms with Crippen LogP contribution < -0.4 is 10.7 Å². The van der Waals surface area contributed by atoms with Crippen molar-refractivity contribution in [1.82, 2.24) is 5.01 Å². The Balaban J connectivity index is 2.14. The molecule has 0 atom stereocenters. The quantitative estimate of drug-likeness (QED) is 0.828. The van der Waals surface area contributed by atoms with Crippen LogP contribution in [0.1, 0.15) is 31.4 Å². The van der Waals surface area contributed by atoms with Gasteiger partial charge in [-0.05, 0) is 36.1 Å². The van der Waals surface area contributed by atoms with Crippen molar-refractivity contribution in [3.8, 4) is 0 Å². The predicted octanol–water partition coefficient (Wildman–Crippen LogP) is 2.20. The Morgan fingerprint density at radius 1 is 1.06 bits per heavy atom. The lowest BCUT2D eigenvalue weighted by Gasteiger charge is -2.34. The van der Waals surface area contributed by atoms with Gasteiger partial charge in [-0.15, -0.1) is 0 Å². The van der Waals surface area contributed by atoms with Crippen LogP contribution >= 0.6 is 0 Å². The molecule has 1 aromatic rings. The number of benzene rings is 1. The highest BCUT2D eigenvalue weighted by Crippen LogP contribution is 2.22. The molecule has 0 aliphatic carbocycles. The average molecular weight is 247 g/mol. The van der Waals surface area contributed by atoms with Crippen molar-refractivity contribution in [2.45, 2.75) is 33.1 Å². The Hall–Kier alpha value is -1.06. The van der Waals surface area contributed by atoms with Crippen LogP contribution in [0.2, 0.25) is 0 Å². The van der Waals surface area contributed by atoms with Crippen LogP contribution in [0.15, 0.2) is 18.2 Å². The standard InChI is InChI=1S/C15H25N3/c1-3-5-14-6-7-15(12-13(14)4-2)17-8-10-18(16)11-9-17/h6-7,12H,3-5,8-11,16H2,1-2H3. The van der Waals surface area contributed by atoms with Crippen molar-refractivity contribution in [3.05, 3.63) is 29.3 Å². The Bertz CT molecular complexity index is 381. The monoisotopic (exact) mass is 247 g/mol. The summed E-state index contributed by atoms with van der Waals surface area (Å²) in [6.07, 6.45) is 3.54. The molecule has 2 rings (SSSR count). The number of aryl methyl sites for hydroxylation is 2. The summed E-state index contributed by atoms with van der Waals surface area (Å²) in [5.74, 6) is 5.80. The van der Waals surface area contributed by atoms with E-state index in [1.54, 1.807) is 0 Å². The second kappa shape index (κ2) is 6.21. The van der Waals surface area contributed by atoms with Gasteiger partial charge in [0.25, 0.3) is 0 Å². The van der Waals surface area contributed by atoms with Gasteiger partial charge in [0, 0.05) is 31.9 Å². The molecular weight excluding hydrogens is 222 g/mol. The Morgan fingerprint density at radius 2 is 1.78 bits per heavy atom. The first-order chi connectivity index (χ1) is 8.74. The fraction of sp³-hybridized carbons (Fsp3) is 0.600. The minimum Gasteiger partial charge on any atom is -0.369 e. The summed E-state index contributed by atoms with van der Waals surface area (Å²) in [5.41, 5.74) is 4.38. The third-order valence-electron chi connectivity index (χ3n) is 3.77. The zero-order chi connectivity index (χ0) is 13.0. The molecule has 1 heterocycles. The first-order valence-corrected chi connectivity index (χ1v) is 7.11. The molecule has 18 heavy (non-hydrogen) atoms. The lowest BCUT2D eigenvalue weighted by atomic mass is 10.00. The Labute approximate surface area is 111 Å². The van der Waals surface area contributed by atoms with Gasteiger partial charge in [0.2, 0.25) is 0 Å². The van der Waals surface area contributed by atoms with Crippen LogP contribution in [-0.2, 0) is 12.8 Å². The number of nitrogens with two attached hydrogens (primary N) is 1. The molecule has 1 aliphatic heterocycles. The lowest BCUT2D eigenvalue weighted by Crippen LogP contribution is -2.49. The van der Waals surface area contributed by atoms with Crippen molar-refractivity contribution in [2.75, 3.05) is 31.1 Å². The molecule has 0 radical (unpaired) electrons. The summed E-state index contributed by atoms with van der Waals surface area (Å²) in [6, 6.07) is 6.96. The van der Waals surface area contributed by atoms with Crippen LogP contribution in [0.25, 0.3) is 0 Å². The molecular formula is C15H25N3. The van der Waals surface area contributed by atoms with Crippen molar-refractivity contribution in [2.24, 2.45) is 5.84 Å². The van der Waals surface area contributed by atoms with E-state index in [1.807, 2.05) is 5.01 Å². The molecule has 0 spiro atoms. The Kier molecular flexibility index (Phi) is 4.61. The van der Waals surface area contributed by atoms with Crippen LogP contribution in [0.4, 0.5) is 5.69 Å². The van der Waals surface area contributed by atoms with Gasteiger partial charge in [0.1, 0.15) is 0 Å². The van der Waals surface area contributed by atoms with E-state index in [4.69, 9.17) is 5.84 Å². The molecule has 0 bridgehead atoms. The Morgan fingerprint density at radius 3 is 2.39 bits per heavy atom. The van der Waals surface area contributed by atoms with Gasteiger partial charge >= 0.3 is 0 Å². The summed E-state index contributed by atoms with van der Waals surface area (Å²) in [4.78, 5) is 2.44. The minimum atomic E-state index is 0.957. The molecule has 3 heteroatoms.